The first kappa shape index (κ1) is 26.1. The second-order valence-corrected chi connectivity index (χ2v) is 24.0. The molecule has 2 nitrogen and oxygen atoms in total. The molecule has 3 aromatic carbocycles. The predicted molar refractivity (Wildman–Crippen MR) is 171 cm³/mol. The van der Waals surface area contributed by atoms with Gasteiger partial charge in [0, 0.05) is 0 Å². The Morgan fingerprint density at radius 3 is 2.23 bits per heavy atom. The predicted octanol–water partition coefficient (Wildman–Crippen LogP) is 9.13. The van der Waals surface area contributed by atoms with E-state index in [0.717, 1.165) is 17.1 Å². The summed E-state index contributed by atoms with van der Waals surface area (Å²) in [6.07, 6.45) is 12.8. The zero-order valence-electron chi connectivity index (χ0n) is 24.9. The molecular weight excluding hydrogens is 547 g/mol. The molecule has 204 valence electrons. The average Bonchev–Trinajstić information content (AvgIpc) is 3.58. The van der Waals surface area contributed by atoms with Crippen LogP contribution >= 0.6 is 0 Å². The van der Waals surface area contributed by atoms with Crippen molar-refractivity contribution < 1.29 is 8.98 Å². The topological polar surface area (TPSA) is 17.0 Å². The minimum atomic E-state index is -2.25. The molecule has 0 atom stereocenters. The summed E-state index contributed by atoms with van der Waals surface area (Å²) in [7, 11) is 2.13. The van der Waals surface area contributed by atoms with E-state index in [-0.39, 0.29) is 0 Å². The van der Waals surface area contributed by atoms with Crippen LogP contribution < -0.4 is 8.96 Å². The van der Waals surface area contributed by atoms with Gasteiger partial charge in [-0.3, -0.25) is 0 Å². The number of nitrogens with zero attached hydrogens (tertiary/aromatic N) is 1. The molecule has 2 heterocycles. The Labute approximate surface area is 241 Å². The van der Waals surface area contributed by atoms with Crippen LogP contribution in [-0.2, 0) is 19.9 Å². The maximum atomic E-state index is 7.12. The summed E-state index contributed by atoms with van der Waals surface area (Å²) in [6, 6.07) is 20.8. The van der Waals surface area contributed by atoms with Crippen LogP contribution in [0.5, 0.6) is 0 Å². The molecule has 2 aromatic heterocycles. The Morgan fingerprint density at radius 2 is 1.48 bits per heavy atom. The van der Waals surface area contributed by atoms with Crippen molar-refractivity contribution in [2.75, 3.05) is 0 Å². The van der Waals surface area contributed by atoms with Gasteiger partial charge in [0.15, 0.2) is 0 Å². The van der Waals surface area contributed by atoms with Gasteiger partial charge < -0.3 is 0 Å². The van der Waals surface area contributed by atoms with Crippen molar-refractivity contribution in [1.82, 2.24) is 0 Å². The van der Waals surface area contributed by atoms with Crippen LogP contribution in [0.4, 0.5) is 0 Å². The van der Waals surface area contributed by atoms with Gasteiger partial charge in [0.05, 0.1) is 0 Å². The standard InChI is InChI=1S/C37H42GeNO/c1-24-17-18-30-31-21-22-32(38(2,3)4)35(37(31)40-36(30)34(24)33-16-9-10-23-39(33)5)29-20-19-26(25-12-7-6-8-13-25)27-14-11-15-28(27)29/h9-10,16-23,25H,6-8,11-15H2,1-5H3/q+1. The number of furan rings is 1. The van der Waals surface area contributed by atoms with Crippen molar-refractivity contribution in [3.63, 3.8) is 0 Å². The second kappa shape index (κ2) is 9.91. The molecule has 1 fully saturated rings. The van der Waals surface area contributed by atoms with Crippen molar-refractivity contribution in [3.05, 3.63) is 83.0 Å². The molecule has 2 aliphatic carbocycles. The number of aromatic nitrogens is 1. The molecule has 1 saturated carbocycles. The Bertz CT molecular complexity index is 1760. The number of pyridine rings is 1. The fourth-order valence-corrected chi connectivity index (χ4v) is 11.1. The number of benzene rings is 3. The molecule has 5 aromatic rings. The van der Waals surface area contributed by atoms with Crippen LogP contribution in [0.15, 0.2) is 65.2 Å². The van der Waals surface area contributed by atoms with Gasteiger partial charge in [-0.2, -0.15) is 0 Å². The van der Waals surface area contributed by atoms with Gasteiger partial charge in [-0.1, -0.05) is 0 Å². The van der Waals surface area contributed by atoms with Crippen LogP contribution in [0.3, 0.4) is 0 Å². The molecule has 0 amide bonds. The Kier molecular flexibility index (Phi) is 6.46. The molecule has 0 aliphatic heterocycles. The van der Waals surface area contributed by atoms with Crippen LogP contribution in [0.1, 0.15) is 66.7 Å². The monoisotopic (exact) mass is 590 g/mol. The fraction of sp³-hybridized carbons (Fsp3) is 0.378. The van der Waals surface area contributed by atoms with E-state index in [1.54, 1.807) is 21.1 Å². The Hall–Kier alpha value is -2.85. The van der Waals surface area contributed by atoms with E-state index >= 15 is 0 Å². The summed E-state index contributed by atoms with van der Waals surface area (Å²) in [4.78, 5) is 0. The summed E-state index contributed by atoms with van der Waals surface area (Å²) >= 11 is -2.25. The third-order valence-electron chi connectivity index (χ3n) is 9.77. The summed E-state index contributed by atoms with van der Waals surface area (Å²) in [5, 5.41) is 2.48. The second-order valence-electron chi connectivity index (χ2n) is 13.4. The summed E-state index contributed by atoms with van der Waals surface area (Å²) in [5.74, 6) is 8.35. The first-order chi connectivity index (χ1) is 19.3. The van der Waals surface area contributed by atoms with Gasteiger partial charge in [-0.05, 0) is 0 Å². The summed E-state index contributed by atoms with van der Waals surface area (Å²) < 4.78 is 10.9. The first-order valence-corrected chi connectivity index (χ1v) is 22.8. The van der Waals surface area contributed by atoms with E-state index in [1.165, 1.54) is 90.1 Å². The van der Waals surface area contributed by atoms with Gasteiger partial charge >= 0.3 is 243 Å². The van der Waals surface area contributed by atoms with Crippen LogP contribution in [0.2, 0.25) is 17.3 Å². The molecule has 0 N–H and O–H groups in total. The van der Waals surface area contributed by atoms with Gasteiger partial charge in [-0.25, -0.2) is 0 Å². The van der Waals surface area contributed by atoms with Crippen molar-refractivity contribution in [1.29, 1.82) is 0 Å². The molecule has 7 rings (SSSR count). The molecule has 2 aliphatic rings. The normalized spacial score (nSPS) is 16.2. The van der Waals surface area contributed by atoms with Gasteiger partial charge in [0.2, 0.25) is 0 Å². The van der Waals surface area contributed by atoms with Crippen molar-refractivity contribution in [2.45, 2.75) is 81.5 Å². The quantitative estimate of drug-likeness (QED) is 0.151. The third-order valence-corrected chi connectivity index (χ3v) is 14.0. The molecule has 0 unspecified atom stereocenters. The van der Waals surface area contributed by atoms with E-state index in [9.17, 15) is 0 Å². The first-order valence-electron chi connectivity index (χ1n) is 15.4. The van der Waals surface area contributed by atoms with Gasteiger partial charge in [-0.15, -0.1) is 0 Å². The van der Waals surface area contributed by atoms with Crippen LogP contribution in [-0.4, -0.2) is 13.3 Å². The Balaban J connectivity index is 1.53. The molecule has 0 radical (unpaired) electrons. The van der Waals surface area contributed by atoms with Gasteiger partial charge in [0.1, 0.15) is 0 Å². The molecule has 0 bridgehead atoms. The summed E-state index contributed by atoms with van der Waals surface area (Å²) in [5.41, 5.74) is 13.6. The number of hydrogen-bond acceptors (Lipinski definition) is 1. The zero-order valence-corrected chi connectivity index (χ0v) is 27.0. The number of aryl methyl sites for hydroxylation is 2. The SMILES string of the molecule is Cc1ccc2c(oc3c(-c4ccc(C5CCCCC5)c5c4CCC5)[c]([Ge]([CH3])([CH3])[CH3])ccc32)c1-c1cccc[n+]1C. The maximum absolute atomic E-state index is 7.12. The fourth-order valence-electron chi connectivity index (χ4n) is 7.76. The van der Waals surface area contributed by atoms with Crippen molar-refractivity contribution in [3.8, 4) is 22.4 Å². The summed E-state index contributed by atoms with van der Waals surface area (Å²) in [6.45, 7) is 2.21. The van der Waals surface area contributed by atoms with E-state index in [0.29, 0.717) is 0 Å². The van der Waals surface area contributed by atoms with Crippen LogP contribution in [0, 0.1) is 6.92 Å². The number of rotatable bonds is 4. The van der Waals surface area contributed by atoms with Gasteiger partial charge in [0.25, 0.3) is 0 Å². The number of fused-ring (bicyclic) bond motifs is 4. The van der Waals surface area contributed by atoms with Crippen molar-refractivity contribution >= 4 is 39.6 Å². The zero-order chi connectivity index (χ0) is 27.6. The van der Waals surface area contributed by atoms with E-state index < -0.39 is 13.3 Å². The number of hydrogen-bond donors (Lipinski definition) is 0. The molecule has 0 saturated heterocycles. The third kappa shape index (κ3) is 4.17. The van der Waals surface area contributed by atoms with E-state index in [4.69, 9.17) is 4.42 Å². The molecule has 0 spiro atoms. The molecular formula is C37H42GeNO+. The Morgan fingerprint density at radius 1 is 0.750 bits per heavy atom. The van der Waals surface area contributed by atoms with Crippen molar-refractivity contribution in [2.24, 2.45) is 7.05 Å². The average molecular weight is 589 g/mol. The van der Waals surface area contributed by atoms with Crippen LogP contribution in [0.25, 0.3) is 44.3 Å². The van der Waals surface area contributed by atoms with E-state index in [2.05, 4.69) is 96.6 Å². The van der Waals surface area contributed by atoms with E-state index in [1.807, 2.05) is 0 Å². The minimum absolute atomic E-state index is 0.758. The molecule has 3 heteroatoms. The molecule has 40 heavy (non-hydrogen) atoms.